The van der Waals surface area contributed by atoms with Crippen molar-refractivity contribution in [2.45, 2.75) is 0 Å². The number of methoxy groups -OCH3 is 1. The Bertz CT molecular complexity index is 423. The minimum Gasteiger partial charge on any atom is -0.465 e. The van der Waals surface area contributed by atoms with E-state index in [9.17, 15) is 9.59 Å². The van der Waals surface area contributed by atoms with Crippen LogP contribution in [-0.4, -0.2) is 42.8 Å². The Morgan fingerprint density at radius 3 is 2.75 bits per heavy atom. The van der Waals surface area contributed by atoms with Crippen molar-refractivity contribution < 1.29 is 14.3 Å². The molecular weight excluding hydrogens is 228 g/mol. The normalized spacial score (nSPS) is 10.4. The average Bonchev–Trinajstić information content (AvgIpc) is 2.74. The van der Waals surface area contributed by atoms with E-state index in [0.717, 1.165) is 11.3 Å². The number of hydrogen-bond donors (Lipinski definition) is 0. The lowest BCUT2D eigenvalue weighted by molar-refractivity contribution is 0.0606. The number of nitrogens with zero attached hydrogens (tertiary/aromatic N) is 2. The quantitative estimate of drug-likeness (QED) is 0.449. The summed E-state index contributed by atoms with van der Waals surface area (Å²) in [6.07, 6.45) is 4.37. The molecule has 0 aliphatic carbocycles. The zero-order chi connectivity index (χ0) is 12.1. The largest absolute Gasteiger partial charge is 0.465 e. The molecule has 0 amide bonds. The Balaban J connectivity index is 2.78. The van der Waals surface area contributed by atoms with E-state index in [2.05, 4.69) is 9.72 Å². The van der Waals surface area contributed by atoms with Crippen LogP contribution in [0.1, 0.15) is 19.5 Å². The molecule has 0 aliphatic rings. The van der Waals surface area contributed by atoms with Crippen molar-refractivity contribution in [3.05, 3.63) is 28.4 Å². The molecule has 0 fully saturated rings. The number of allylic oxidation sites excluding steroid dienone is 1. The summed E-state index contributed by atoms with van der Waals surface area (Å²) in [5.41, 5.74) is 0. The topological polar surface area (TPSA) is 59.5 Å². The van der Waals surface area contributed by atoms with E-state index in [1.54, 1.807) is 11.1 Å². The number of ether oxygens (including phenoxy) is 1. The van der Waals surface area contributed by atoms with Crippen molar-refractivity contribution in [1.82, 2.24) is 9.88 Å². The summed E-state index contributed by atoms with van der Waals surface area (Å²) in [7, 11) is 4.91. The molecule has 0 radical (unpaired) electrons. The molecule has 0 spiro atoms. The van der Waals surface area contributed by atoms with Gasteiger partial charge in [0.1, 0.15) is 4.88 Å². The van der Waals surface area contributed by atoms with Gasteiger partial charge < -0.3 is 9.64 Å². The molecule has 16 heavy (non-hydrogen) atoms. The number of aromatic nitrogens is 1. The van der Waals surface area contributed by atoms with Crippen LogP contribution in [0.4, 0.5) is 0 Å². The predicted molar refractivity (Wildman–Crippen MR) is 60.6 cm³/mol. The summed E-state index contributed by atoms with van der Waals surface area (Å²) in [4.78, 5) is 28.6. The van der Waals surface area contributed by atoms with Crippen molar-refractivity contribution in [2.24, 2.45) is 0 Å². The highest BCUT2D eigenvalue weighted by molar-refractivity contribution is 7.15. The first kappa shape index (κ1) is 12.4. The van der Waals surface area contributed by atoms with E-state index in [1.807, 2.05) is 14.1 Å². The molecule has 0 atom stereocenters. The Hall–Kier alpha value is -1.69. The number of rotatable bonds is 4. The van der Waals surface area contributed by atoms with Gasteiger partial charge in [-0.1, -0.05) is 0 Å². The summed E-state index contributed by atoms with van der Waals surface area (Å²) >= 11 is 1.02. The van der Waals surface area contributed by atoms with E-state index < -0.39 is 5.97 Å². The summed E-state index contributed by atoms with van der Waals surface area (Å²) in [5.74, 6) is -0.706. The first-order chi connectivity index (χ1) is 7.54. The van der Waals surface area contributed by atoms with Crippen LogP contribution in [0.2, 0.25) is 0 Å². The highest BCUT2D eigenvalue weighted by atomic mass is 32.1. The number of carbonyl (C=O) groups is 2. The summed E-state index contributed by atoms with van der Waals surface area (Å²) in [5, 5.41) is 0.276. The van der Waals surface area contributed by atoms with Crippen LogP contribution >= 0.6 is 11.3 Å². The molecule has 0 unspecified atom stereocenters. The fourth-order valence-electron chi connectivity index (χ4n) is 0.871. The molecular formula is C10H12N2O3S. The van der Waals surface area contributed by atoms with Crippen LogP contribution in [-0.2, 0) is 4.74 Å². The van der Waals surface area contributed by atoms with E-state index in [1.165, 1.54) is 19.4 Å². The van der Waals surface area contributed by atoms with E-state index in [-0.39, 0.29) is 10.8 Å². The van der Waals surface area contributed by atoms with Crippen LogP contribution < -0.4 is 0 Å². The van der Waals surface area contributed by atoms with Crippen molar-refractivity contribution in [2.75, 3.05) is 21.2 Å². The third kappa shape index (κ3) is 3.16. The third-order valence-electron chi connectivity index (χ3n) is 1.63. The molecule has 0 aliphatic heterocycles. The molecule has 5 nitrogen and oxygen atoms in total. The Kier molecular flexibility index (Phi) is 4.19. The molecule has 6 heteroatoms. The molecule has 0 saturated carbocycles. The second kappa shape index (κ2) is 5.41. The highest BCUT2D eigenvalue weighted by Crippen LogP contribution is 2.14. The highest BCUT2D eigenvalue weighted by Gasteiger charge is 2.13. The van der Waals surface area contributed by atoms with Gasteiger partial charge >= 0.3 is 5.97 Å². The van der Waals surface area contributed by atoms with Crippen molar-refractivity contribution in [3.8, 4) is 0 Å². The van der Waals surface area contributed by atoms with Gasteiger partial charge in [0.25, 0.3) is 0 Å². The molecule has 1 rings (SSSR count). The summed E-state index contributed by atoms with van der Waals surface area (Å²) < 4.78 is 4.52. The Morgan fingerprint density at radius 2 is 2.19 bits per heavy atom. The summed E-state index contributed by atoms with van der Waals surface area (Å²) in [6, 6.07) is 0. The van der Waals surface area contributed by atoms with Gasteiger partial charge in [0.2, 0.25) is 5.78 Å². The zero-order valence-electron chi connectivity index (χ0n) is 9.26. The van der Waals surface area contributed by atoms with Crippen molar-refractivity contribution in [1.29, 1.82) is 0 Å². The number of hydrogen-bond acceptors (Lipinski definition) is 6. The van der Waals surface area contributed by atoms with Crippen LogP contribution in [0.3, 0.4) is 0 Å². The lowest BCUT2D eigenvalue weighted by atomic mass is 10.4. The first-order valence-corrected chi connectivity index (χ1v) is 5.29. The van der Waals surface area contributed by atoms with Crippen molar-refractivity contribution >= 4 is 23.1 Å². The lowest BCUT2D eigenvalue weighted by Crippen LogP contribution is -2.02. The first-order valence-electron chi connectivity index (χ1n) is 4.47. The molecule has 0 saturated heterocycles. The van der Waals surface area contributed by atoms with Gasteiger partial charge in [-0.2, -0.15) is 0 Å². The van der Waals surface area contributed by atoms with E-state index in [0.29, 0.717) is 4.88 Å². The molecule has 0 bridgehead atoms. The number of thiazole rings is 1. The van der Waals surface area contributed by atoms with Crippen LogP contribution in [0, 0.1) is 0 Å². The van der Waals surface area contributed by atoms with E-state index >= 15 is 0 Å². The maximum atomic E-state index is 11.6. The maximum Gasteiger partial charge on any atom is 0.349 e. The fourth-order valence-corrected chi connectivity index (χ4v) is 1.63. The number of esters is 1. The molecule has 86 valence electrons. The average molecular weight is 240 g/mol. The van der Waals surface area contributed by atoms with Gasteiger partial charge in [0.15, 0.2) is 5.01 Å². The Morgan fingerprint density at radius 1 is 1.50 bits per heavy atom. The van der Waals surface area contributed by atoms with Gasteiger partial charge in [-0.25, -0.2) is 9.78 Å². The van der Waals surface area contributed by atoms with E-state index in [4.69, 9.17) is 0 Å². The summed E-state index contributed by atoms with van der Waals surface area (Å²) in [6.45, 7) is 0. The lowest BCUT2D eigenvalue weighted by Gasteiger charge is -2.01. The van der Waals surface area contributed by atoms with Gasteiger partial charge in [0.05, 0.1) is 13.3 Å². The smallest absolute Gasteiger partial charge is 0.349 e. The number of ketones is 1. The minimum absolute atomic E-state index is 0.228. The monoisotopic (exact) mass is 240 g/mol. The molecule has 0 N–H and O–H groups in total. The molecule has 1 aromatic heterocycles. The number of carbonyl (C=O) groups excluding carboxylic acids is 2. The Labute approximate surface area is 97.4 Å². The third-order valence-corrected chi connectivity index (χ3v) is 2.62. The zero-order valence-corrected chi connectivity index (χ0v) is 10.1. The second-order valence-electron chi connectivity index (χ2n) is 3.16. The fraction of sp³-hybridized carbons (Fsp3) is 0.300. The predicted octanol–water partition coefficient (Wildman–Crippen LogP) is 1.19. The SMILES string of the molecule is COC(=O)c1cnc(C(=O)/C=C/N(C)C)s1. The van der Waals surface area contributed by atoms with Crippen molar-refractivity contribution in [3.63, 3.8) is 0 Å². The van der Waals surface area contributed by atoms with Crippen LogP contribution in [0.25, 0.3) is 0 Å². The molecule has 1 heterocycles. The van der Waals surface area contributed by atoms with Crippen LogP contribution in [0.5, 0.6) is 0 Å². The minimum atomic E-state index is -0.479. The van der Waals surface area contributed by atoms with Gasteiger partial charge in [0, 0.05) is 26.4 Å². The van der Waals surface area contributed by atoms with Crippen LogP contribution in [0.15, 0.2) is 18.5 Å². The maximum absolute atomic E-state index is 11.6. The van der Waals surface area contributed by atoms with Gasteiger partial charge in [-0.3, -0.25) is 4.79 Å². The molecule has 1 aromatic rings. The van der Waals surface area contributed by atoms with Gasteiger partial charge in [-0.15, -0.1) is 11.3 Å². The molecule has 0 aromatic carbocycles. The second-order valence-corrected chi connectivity index (χ2v) is 4.20. The standard InChI is InChI=1S/C10H12N2O3S/c1-12(2)5-4-7(13)9-11-6-8(16-9)10(14)15-3/h4-6H,1-3H3/b5-4+. The van der Waals surface area contributed by atoms with Gasteiger partial charge in [-0.05, 0) is 0 Å².